The van der Waals surface area contributed by atoms with E-state index in [9.17, 15) is 8.78 Å². The van der Waals surface area contributed by atoms with Gasteiger partial charge in [0.15, 0.2) is 0 Å². The zero-order valence-electron chi connectivity index (χ0n) is 11.7. The van der Waals surface area contributed by atoms with E-state index in [0.717, 1.165) is 30.9 Å². The van der Waals surface area contributed by atoms with Crippen LogP contribution in [0.5, 0.6) is 5.75 Å². The van der Waals surface area contributed by atoms with Crippen molar-refractivity contribution in [2.24, 2.45) is 0 Å². The van der Waals surface area contributed by atoms with Crippen LogP contribution in [0.25, 0.3) is 5.69 Å². The molecule has 1 unspecified atom stereocenters. The van der Waals surface area contributed by atoms with Crippen molar-refractivity contribution in [2.45, 2.75) is 25.4 Å². The first-order valence-corrected chi connectivity index (χ1v) is 6.87. The minimum atomic E-state index is -2.80. The average Bonchev–Trinajstić information content (AvgIpc) is 3.08. The lowest BCUT2D eigenvalue weighted by atomic mass is 9.86. The van der Waals surface area contributed by atoms with E-state index in [4.69, 9.17) is 0 Å². The molecule has 4 nitrogen and oxygen atoms in total. The van der Waals surface area contributed by atoms with Crippen molar-refractivity contribution >= 4 is 0 Å². The molecule has 0 amide bonds. The summed E-state index contributed by atoms with van der Waals surface area (Å²) in [6.07, 6.45) is 4.67. The zero-order chi connectivity index (χ0) is 14.9. The molecule has 0 spiro atoms. The van der Waals surface area contributed by atoms with Crippen LogP contribution < -0.4 is 10.1 Å². The highest BCUT2D eigenvalue weighted by atomic mass is 19.3. The molecule has 1 fully saturated rings. The molecule has 3 rings (SSSR count). The van der Waals surface area contributed by atoms with Crippen LogP contribution in [0.1, 0.15) is 19.0 Å². The second-order valence-electron chi connectivity index (χ2n) is 5.51. The second kappa shape index (κ2) is 5.44. The van der Waals surface area contributed by atoms with Gasteiger partial charge < -0.3 is 14.6 Å². The molecule has 2 heterocycles. The van der Waals surface area contributed by atoms with Crippen molar-refractivity contribution in [1.82, 2.24) is 14.9 Å². The summed E-state index contributed by atoms with van der Waals surface area (Å²) in [7, 11) is 0. The third-order valence-electron chi connectivity index (χ3n) is 3.97. The van der Waals surface area contributed by atoms with Crippen LogP contribution >= 0.6 is 0 Å². The van der Waals surface area contributed by atoms with E-state index in [2.05, 4.69) is 22.0 Å². The molecule has 1 saturated heterocycles. The normalized spacial score (nSPS) is 21.9. The molecular formula is C15H17F2N3O. The lowest BCUT2D eigenvalue weighted by Crippen LogP contribution is -2.27. The number of hydrogen-bond acceptors (Lipinski definition) is 3. The third kappa shape index (κ3) is 2.76. The molecule has 21 heavy (non-hydrogen) atoms. The van der Waals surface area contributed by atoms with E-state index < -0.39 is 6.61 Å². The largest absolute Gasteiger partial charge is 0.435 e. The first-order chi connectivity index (χ1) is 10.1. The summed E-state index contributed by atoms with van der Waals surface area (Å²) in [4.78, 5) is 4.24. The number of rotatable bonds is 4. The van der Waals surface area contributed by atoms with Crippen LogP contribution in [0.3, 0.4) is 0 Å². The molecule has 1 atom stereocenters. The Balaban J connectivity index is 1.89. The van der Waals surface area contributed by atoms with Crippen LogP contribution in [0.4, 0.5) is 8.78 Å². The van der Waals surface area contributed by atoms with Gasteiger partial charge in [0.25, 0.3) is 0 Å². The van der Waals surface area contributed by atoms with E-state index in [-0.39, 0.29) is 11.2 Å². The van der Waals surface area contributed by atoms with Gasteiger partial charge in [-0.15, -0.1) is 0 Å². The Kier molecular flexibility index (Phi) is 3.63. The van der Waals surface area contributed by atoms with Gasteiger partial charge in [0, 0.05) is 29.5 Å². The summed E-state index contributed by atoms with van der Waals surface area (Å²) in [5, 5.41) is 3.37. The van der Waals surface area contributed by atoms with E-state index in [1.165, 1.54) is 0 Å². The molecule has 6 heteroatoms. The Morgan fingerprint density at radius 3 is 2.71 bits per heavy atom. The molecule has 0 saturated carbocycles. The average molecular weight is 293 g/mol. The minimum Gasteiger partial charge on any atom is -0.435 e. The van der Waals surface area contributed by atoms with Crippen LogP contribution in [0.2, 0.25) is 0 Å². The summed E-state index contributed by atoms with van der Waals surface area (Å²) in [6.45, 7) is 1.30. The van der Waals surface area contributed by atoms with E-state index in [1.54, 1.807) is 30.6 Å². The van der Waals surface area contributed by atoms with Crippen molar-refractivity contribution in [3.8, 4) is 11.4 Å². The minimum absolute atomic E-state index is 0.0364. The van der Waals surface area contributed by atoms with Gasteiger partial charge in [0.1, 0.15) is 5.75 Å². The Labute approximate surface area is 121 Å². The highest BCUT2D eigenvalue weighted by Crippen LogP contribution is 2.31. The van der Waals surface area contributed by atoms with Crippen LogP contribution in [0.15, 0.2) is 36.8 Å². The van der Waals surface area contributed by atoms with Gasteiger partial charge in [-0.3, -0.25) is 0 Å². The Bertz CT molecular complexity index is 604. The molecule has 1 N–H and O–H groups in total. The third-order valence-corrected chi connectivity index (χ3v) is 3.97. The van der Waals surface area contributed by atoms with Crippen molar-refractivity contribution in [2.75, 3.05) is 13.1 Å². The summed E-state index contributed by atoms with van der Waals surface area (Å²) in [5.41, 5.74) is 2.04. The van der Waals surface area contributed by atoms with Gasteiger partial charge in [-0.25, -0.2) is 4.98 Å². The predicted octanol–water partition coefficient (Wildman–Crippen LogP) is 2.72. The Morgan fingerprint density at radius 2 is 2.10 bits per heavy atom. The molecule has 1 aromatic carbocycles. The van der Waals surface area contributed by atoms with Gasteiger partial charge in [-0.05, 0) is 37.2 Å². The number of nitrogens with one attached hydrogen (secondary N) is 1. The number of ether oxygens (including phenoxy) is 1. The van der Waals surface area contributed by atoms with Gasteiger partial charge >= 0.3 is 6.61 Å². The second-order valence-corrected chi connectivity index (χ2v) is 5.51. The molecule has 112 valence electrons. The van der Waals surface area contributed by atoms with Gasteiger partial charge in [-0.1, -0.05) is 6.92 Å². The van der Waals surface area contributed by atoms with Crippen molar-refractivity contribution in [3.05, 3.63) is 42.5 Å². The Hall–Kier alpha value is -1.95. The molecule has 1 aromatic heterocycles. The summed E-state index contributed by atoms with van der Waals surface area (Å²) < 4.78 is 30.7. The standard InChI is InChI=1S/C15H17F2N3O/c1-15(6-7-18-9-15)13-8-19-10-20(13)11-2-4-12(5-3-11)21-14(16)17/h2-5,8,10,14,18H,6-7,9H2,1H3. The van der Waals surface area contributed by atoms with E-state index >= 15 is 0 Å². The van der Waals surface area contributed by atoms with Crippen molar-refractivity contribution in [1.29, 1.82) is 0 Å². The number of aromatic nitrogens is 2. The maximum absolute atomic E-state index is 12.2. The number of hydrogen-bond donors (Lipinski definition) is 1. The van der Waals surface area contributed by atoms with E-state index in [1.807, 2.05) is 10.8 Å². The molecule has 1 aliphatic rings. The Morgan fingerprint density at radius 1 is 1.33 bits per heavy atom. The summed E-state index contributed by atoms with van der Waals surface area (Å²) >= 11 is 0. The highest BCUT2D eigenvalue weighted by molar-refractivity contribution is 5.40. The first kappa shape index (κ1) is 14.0. The number of imidazole rings is 1. The van der Waals surface area contributed by atoms with Crippen molar-refractivity contribution in [3.63, 3.8) is 0 Å². The predicted molar refractivity (Wildman–Crippen MR) is 75.0 cm³/mol. The molecule has 2 aromatic rings. The molecular weight excluding hydrogens is 276 g/mol. The fourth-order valence-electron chi connectivity index (χ4n) is 2.77. The highest BCUT2D eigenvalue weighted by Gasteiger charge is 2.33. The maximum Gasteiger partial charge on any atom is 0.387 e. The fraction of sp³-hybridized carbons (Fsp3) is 0.400. The molecule has 0 bridgehead atoms. The number of nitrogens with zero attached hydrogens (tertiary/aromatic N) is 2. The van der Waals surface area contributed by atoms with Crippen LogP contribution in [-0.4, -0.2) is 29.3 Å². The summed E-state index contributed by atoms with van der Waals surface area (Å²) in [5.74, 6) is 0.157. The molecule has 0 aliphatic carbocycles. The van der Waals surface area contributed by atoms with Gasteiger partial charge in [0.2, 0.25) is 0 Å². The number of benzene rings is 1. The SMILES string of the molecule is CC1(c2cncn2-c2ccc(OC(F)F)cc2)CCNC1. The topological polar surface area (TPSA) is 39.1 Å². The molecule has 0 radical (unpaired) electrons. The monoisotopic (exact) mass is 293 g/mol. The van der Waals surface area contributed by atoms with Crippen LogP contribution in [0, 0.1) is 0 Å². The molecule has 1 aliphatic heterocycles. The van der Waals surface area contributed by atoms with E-state index in [0.29, 0.717) is 0 Å². The number of alkyl halides is 2. The lowest BCUT2D eigenvalue weighted by molar-refractivity contribution is -0.0498. The maximum atomic E-state index is 12.2. The first-order valence-electron chi connectivity index (χ1n) is 6.87. The number of halogens is 2. The van der Waals surface area contributed by atoms with Crippen molar-refractivity contribution < 1.29 is 13.5 Å². The van der Waals surface area contributed by atoms with Gasteiger partial charge in [-0.2, -0.15) is 8.78 Å². The van der Waals surface area contributed by atoms with Gasteiger partial charge in [0.05, 0.1) is 6.33 Å². The smallest absolute Gasteiger partial charge is 0.387 e. The zero-order valence-corrected chi connectivity index (χ0v) is 11.7. The fourth-order valence-corrected chi connectivity index (χ4v) is 2.77. The quantitative estimate of drug-likeness (QED) is 0.942. The van der Waals surface area contributed by atoms with Crippen LogP contribution in [-0.2, 0) is 5.41 Å². The lowest BCUT2D eigenvalue weighted by Gasteiger charge is -2.24. The summed E-state index contributed by atoms with van der Waals surface area (Å²) in [6, 6.07) is 6.60.